The number of carbonyl (C=O) groups excluding carboxylic acids is 3. The van der Waals surface area contributed by atoms with Crippen LogP contribution in [0.4, 0.5) is 5.13 Å². The minimum atomic E-state index is -0.612. The highest BCUT2D eigenvalue weighted by Gasteiger charge is 2.22. The van der Waals surface area contributed by atoms with E-state index < -0.39 is 5.97 Å². The fraction of sp³-hybridized carbons (Fsp3) is 0.500. The lowest BCUT2D eigenvalue weighted by molar-refractivity contribution is -0.118. The van der Waals surface area contributed by atoms with Gasteiger partial charge in [0.15, 0.2) is 16.6 Å². The molecule has 3 N–H and O–H groups in total. The molecule has 0 aliphatic rings. The van der Waals surface area contributed by atoms with Crippen molar-refractivity contribution in [2.75, 3.05) is 18.5 Å². The SMILES string of the molecule is CCOC(=O)c1nc(NCCCC(N)=O)sc1C(C)=O. The quantitative estimate of drug-likeness (QED) is 0.424. The second-order valence-electron chi connectivity index (χ2n) is 3.97. The van der Waals surface area contributed by atoms with Gasteiger partial charge in [0.05, 0.1) is 6.61 Å². The summed E-state index contributed by atoms with van der Waals surface area (Å²) in [5.74, 6) is -1.22. The number of anilines is 1. The average molecular weight is 299 g/mol. The molecule has 0 radical (unpaired) electrons. The lowest BCUT2D eigenvalue weighted by Crippen LogP contribution is -2.12. The summed E-state index contributed by atoms with van der Waals surface area (Å²) in [6, 6.07) is 0. The Kier molecular flexibility index (Phi) is 6.10. The highest BCUT2D eigenvalue weighted by atomic mass is 32.1. The second kappa shape index (κ2) is 7.59. The first kappa shape index (κ1) is 16.1. The molecule has 110 valence electrons. The van der Waals surface area contributed by atoms with E-state index in [-0.39, 0.29) is 35.3 Å². The monoisotopic (exact) mass is 299 g/mol. The predicted molar refractivity (Wildman–Crippen MR) is 75.0 cm³/mol. The van der Waals surface area contributed by atoms with E-state index >= 15 is 0 Å². The Balaban J connectivity index is 2.73. The van der Waals surface area contributed by atoms with Gasteiger partial charge in [-0.15, -0.1) is 0 Å². The van der Waals surface area contributed by atoms with Gasteiger partial charge in [-0.25, -0.2) is 9.78 Å². The van der Waals surface area contributed by atoms with Crippen LogP contribution in [-0.4, -0.2) is 35.8 Å². The lowest BCUT2D eigenvalue weighted by Gasteiger charge is -2.00. The van der Waals surface area contributed by atoms with Gasteiger partial charge >= 0.3 is 5.97 Å². The number of hydrogen-bond donors (Lipinski definition) is 2. The molecule has 1 aromatic rings. The zero-order chi connectivity index (χ0) is 15.1. The zero-order valence-electron chi connectivity index (χ0n) is 11.4. The number of carbonyl (C=O) groups is 3. The molecule has 7 nitrogen and oxygen atoms in total. The largest absolute Gasteiger partial charge is 0.461 e. The number of nitrogens with two attached hydrogens (primary N) is 1. The van der Waals surface area contributed by atoms with Crippen molar-refractivity contribution in [2.45, 2.75) is 26.7 Å². The Labute approximate surface area is 120 Å². The number of aromatic nitrogens is 1. The maximum Gasteiger partial charge on any atom is 0.358 e. The van der Waals surface area contributed by atoms with Crippen LogP contribution in [0.5, 0.6) is 0 Å². The van der Waals surface area contributed by atoms with E-state index in [1.165, 1.54) is 6.92 Å². The van der Waals surface area contributed by atoms with Crippen molar-refractivity contribution in [2.24, 2.45) is 5.73 Å². The predicted octanol–water partition coefficient (Wildman–Crippen LogP) is 1.20. The molecule has 0 bridgehead atoms. The molecule has 0 saturated carbocycles. The van der Waals surface area contributed by atoms with Crippen LogP contribution in [0.2, 0.25) is 0 Å². The Bertz CT molecular complexity index is 513. The molecular formula is C12H17N3O4S. The van der Waals surface area contributed by atoms with Gasteiger partial charge in [0.25, 0.3) is 0 Å². The molecule has 1 rings (SSSR count). The maximum atomic E-state index is 11.7. The topological polar surface area (TPSA) is 111 Å². The summed E-state index contributed by atoms with van der Waals surface area (Å²) in [4.78, 5) is 38.1. The molecule has 0 saturated heterocycles. The minimum absolute atomic E-state index is 0.0294. The number of Topliss-reactive ketones (excluding diaryl/α,β-unsaturated/α-hetero) is 1. The molecule has 1 aromatic heterocycles. The Morgan fingerprint density at radius 1 is 1.40 bits per heavy atom. The summed E-state index contributed by atoms with van der Waals surface area (Å²) in [6.07, 6.45) is 0.821. The fourth-order valence-corrected chi connectivity index (χ4v) is 2.30. The number of hydrogen-bond acceptors (Lipinski definition) is 7. The Hall–Kier alpha value is -1.96. The van der Waals surface area contributed by atoms with Crippen molar-refractivity contribution in [3.63, 3.8) is 0 Å². The van der Waals surface area contributed by atoms with E-state index in [1.807, 2.05) is 0 Å². The van der Waals surface area contributed by atoms with Crippen LogP contribution in [0.15, 0.2) is 0 Å². The molecular weight excluding hydrogens is 282 g/mol. The highest BCUT2D eigenvalue weighted by Crippen LogP contribution is 2.24. The van der Waals surface area contributed by atoms with Crippen LogP contribution in [0.25, 0.3) is 0 Å². The van der Waals surface area contributed by atoms with E-state index in [0.29, 0.717) is 18.1 Å². The number of amides is 1. The van der Waals surface area contributed by atoms with Crippen LogP contribution in [0.1, 0.15) is 46.8 Å². The lowest BCUT2D eigenvalue weighted by atomic mass is 10.3. The van der Waals surface area contributed by atoms with Crippen LogP contribution in [-0.2, 0) is 9.53 Å². The number of rotatable bonds is 8. The van der Waals surface area contributed by atoms with Gasteiger partial charge in [-0.1, -0.05) is 11.3 Å². The number of nitrogens with zero attached hydrogens (tertiary/aromatic N) is 1. The first-order valence-electron chi connectivity index (χ1n) is 6.16. The Morgan fingerprint density at radius 2 is 2.10 bits per heavy atom. The number of thiazole rings is 1. The van der Waals surface area contributed by atoms with Crippen molar-refractivity contribution in [1.29, 1.82) is 0 Å². The van der Waals surface area contributed by atoms with E-state index in [9.17, 15) is 14.4 Å². The smallest absolute Gasteiger partial charge is 0.358 e. The third-order valence-corrected chi connectivity index (χ3v) is 3.41. The summed E-state index contributed by atoms with van der Waals surface area (Å²) in [5.41, 5.74) is 5.06. The molecule has 0 aliphatic heterocycles. The van der Waals surface area contributed by atoms with Gasteiger partial charge in [-0.3, -0.25) is 9.59 Å². The van der Waals surface area contributed by atoms with Crippen LogP contribution in [0, 0.1) is 0 Å². The summed E-state index contributed by atoms with van der Waals surface area (Å²) in [6.45, 7) is 3.75. The van der Waals surface area contributed by atoms with Gasteiger partial charge in [-0.05, 0) is 13.3 Å². The van der Waals surface area contributed by atoms with Crippen molar-refractivity contribution in [1.82, 2.24) is 4.98 Å². The highest BCUT2D eigenvalue weighted by molar-refractivity contribution is 7.17. The first-order valence-corrected chi connectivity index (χ1v) is 6.98. The number of ether oxygens (including phenoxy) is 1. The van der Waals surface area contributed by atoms with Crippen molar-refractivity contribution >= 4 is 34.1 Å². The summed E-state index contributed by atoms with van der Waals surface area (Å²) in [7, 11) is 0. The molecule has 0 aromatic carbocycles. The number of esters is 1. The number of ketones is 1. The third kappa shape index (κ3) is 4.61. The van der Waals surface area contributed by atoms with Gasteiger partial charge in [-0.2, -0.15) is 0 Å². The standard InChI is InChI=1S/C12H17N3O4S/c1-3-19-11(18)9-10(7(2)16)20-12(15-9)14-6-4-5-8(13)17/h3-6H2,1-2H3,(H2,13,17)(H,14,15). The number of primary amides is 1. The van der Waals surface area contributed by atoms with Gasteiger partial charge in [0.1, 0.15) is 4.88 Å². The molecule has 8 heteroatoms. The van der Waals surface area contributed by atoms with E-state index in [2.05, 4.69) is 10.3 Å². The molecule has 0 aliphatic carbocycles. The van der Waals surface area contributed by atoms with Crippen LogP contribution in [0.3, 0.4) is 0 Å². The average Bonchev–Trinajstić information content (AvgIpc) is 2.79. The van der Waals surface area contributed by atoms with Gasteiger partial charge in [0.2, 0.25) is 5.91 Å². The molecule has 1 heterocycles. The second-order valence-corrected chi connectivity index (χ2v) is 4.97. The zero-order valence-corrected chi connectivity index (χ0v) is 12.2. The first-order chi connectivity index (χ1) is 9.45. The Morgan fingerprint density at radius 3 is 2.65 bits per heavy atom. The van der Waals surface area contributed by atoms with E-state index in [0.717, 1.165) is 11.3 Å². The van der Waals surface area contributed by atoms with Crippen molar-refractivity contribution in [3.8, 4) is 0 Å². The van der Waals surface area contributed by atoms with Crippen LogP contribution >= 0.6 is 11.3 Å². The van der Waals surface area contributed by atoms with Crippen molar-refractivity contribution < 1.29 is 19.1 Å². The minimum Gasteiger partial charge on any atom is -0.461 e. The summed E-state index contributed by atoms with van der Waals surface area (Å²) >= 11 is 1.09. The van der Waals surface area contributed by atoms with E-state index in [1.54, 1.807) is 6.92 Å². The summed E-state index contributed by atoms with van der Waals surface area (Å²) in [5, 5.41) is 3.40. The normalized spacial score (nSPS) is 10.1. The molecule has 0 atom stereocenters. The van der Waals surface area contributed by atoms with E-state index in [4.69, 9.17) is 10.5 Å². The molecule has 1 amide bonds. The molecule has 0 fully saturated rings. The fourth-order valence-electron chi connectivity index (χ4n) is 1.43. The maximum absolute atomic E-state index is 11.7. The van der Waals surface area contributed by atoms with Crippen molar-refractivity contribution in [3.05, 3.63) is 10.6 Å². The number of nitrogens with one attached hydrogen (secondary N) is 1. The third-order valence-electron chi connectivity index (χ3n) is 2.29. The summed E-state index contributed by atoms with van der Waals surface area (Å²) < 4.78 is 4.85. The molecule has 0 spiro atoms. The van der Waals surface area contributed by atoms with Gasteiger partial charge in [0, 0.05) is 19.9 Å². The molecule has 0 unspecified atom stereocenters. The van der Waals surface area contributed by atoms with Gasteiger partial charge < -0.3 is 15.8 Å². The van der Waals surface area contributed by atoms with Crippen LogP contribution < -0.4 is 11.1 Å². The molecule has 20 heavy (non-hydrogen) atoms.